The second-order valence-electron chi connectivity index (χ2n) is 6.81. The molecule has 0 saturated carbocycles. The Bertz CT molecular complexity index is 416. The van der Waals surface area contributed by atoms with Gasteiger partial charge in [0.1, 0.15) is 0 Å². The van der Waals surface area contributed by atoms with E-state index in [0.717, 1.165) is 0 Å². The van der Waals surface area contributed by atoms with Crippen molar-refractivity contribution in [2.45, 2.75) is 38.4 Å². The average molecular weight is 289 g/mol. The minimum atomic E-state index is 0.395. The van der Waals surface area contributed by atoms with E-state index in [4.69, 9.17) is 0 Å². The maximum atomic E-state index is 3.57. The fourth-order valence-electron chi connectivity index (χ4n) is 3.67. The highest BCUT2D eigenvalue weighted by atomic mass is 15.3. The van der Waals surface area contributed by atoms with Gasteiger partial charge in [0.25, 0.3) is 0 Å². The smallest absolute Gasteiger partial charge is 0.0478 e. The van der Waals surface area contributed by atoms with Crippen molar-refractivity contribution < 1.29 is 0 Å². The Hall–Kier alpha value is -0.900. The molecule has 2 rings (SSSR count). The number of benzene rings is 1. The van der Waals surface area contributed by atoms with Crippen LogP contribution in [0.15, 0.2) is 30.3 Å². The van der Waals surface area contributed by atoms with Gasteiger partial charge in [-0.05, 0) is 39.0 Å². The SMILES string of the molecule is CNC(c1ccccc1)C(C(C)C)N1CCC(N(C)C)C1. The maximum Gasteiger partial charge on any atom is 0.0478 e. The predicted molar refractivity (Wildman–Crippen MR) is 90.5 cm³/mol. The minimum Gasteiger partial charge on any atom is -0.312 e. The van der Waals surface area contributed by atoms with Crippen LogP contribution in [-0.2, 0) is 0 Å². The Morgan fingerprint density at radius 2 is 1.86 bits per heavy atom. The van der Waals surface area contributed by atoms with Crippen molar-refractivity contribution in [2.24, 2.45) is 5.92 Å². The molecule has 3 heteroatoms. The van der Waals surface area contributed by atoms with E-state index in [1.807, 2.05) is 0 Å². The maximum absolute atomic E-state index is 3.57. The van der Waals surface area contributed by atoms with Crippen LogP contribution in [-0.4, -0.2) is 56.1 Å². The molecule has 0 bridgehead atoms. The molecule has 1 aliphatic heterocycles. The summed E-state index contributed by atoms with van der Waals surface area (Å²) < 4.78 is 0. The Labute approximate surface area is 130 Å². The zero-order chi connectivity index (χ0) is 15.4. The van der Waals surface area contributed by atoms with Gasteiger partial charge in [-0.3, -0.25) is 4.90 Å². The van der Waals surface area contributed by atoms with Gasteiger partial charge in [0, 0.05) is 31.2 Å². The second kappa shape index (κ2) is 7.39. The monoisotopic (exact) mass is 289 g/mol. The molecule has 1 N–H and O–H groups in total. The lowest BCUT2D eigenvalue weighted by Crippen LogP contribution is -2.47. The molecule has 1 aliphatic rings. The van der Waals surface area contributed by atoms with Crippen LogP contribution < -0.4 is 5.32 Å². The van der Waals surface area contributed by atoms with E-state index >= 15 is 0 Å². The van der Waals surface area contributed by atoms with E-state index in [0.29, 0.717) is 24.0 Å². The van der Waals surface area contributed by atoms with Crippen molar-refractivity contribution in [3.05, 3.63) is 35.9 Å². The van der Waals surface area contributed by atoms with Crippen LogP contribution in [0.3, 0.4) is 0 Å². The summed E-state index contributed by atoms with van der Waals surface area (Å²) in [5.41, 5.74) is 1.40. The van der Waals surface area contributed by atoms with Crippen molar-refractivity contribution >= 4 is 0 Å². The number of rotatable bonds is 6. The van der Waals surface area contributed by atoms with Crippen LogP contribution in [0, 0.1) is 5.92 Å². The summed E-state index contributed by atoms with van der Waals surface area (Å²) in [6.45, 7) is 7.08. The highest BCUT2D eigenvalue weighted by Gasteiger charge is 2.35. The molecule has 1 fully saturated rings. The third-order valence-corrected chi connectivity index (χ3v) is 4.84. The summed E-state index contributed by atoms with van der Waals surface area (Å²) in [6, 6.07) is 12.5. The quantitative estimate of drug-likeness (QED) is 0.868. The fraction of sp³-hybridized carbons (Fsp3) is 0.667. The Morgan fingerprint density at radius 3 is 2.33 bits per heavy atom. The van der Waals surface area contributed by atoms with Gasteiger partial charge in [0.2, 0.25) is 0 Å². The van der Waals surface area contributed by atoms with Gasteiger partial charge in [-0.1, -0.05) is 44.2 Å². The van der Waals surface area contributed by atoms with Crippen molar-refractivity contribution in [3.63, 3.8) is 0 Å². The molecule has 118 valence electrons. The molecular weight excluding hydrogens is 258 g/mol. The zero-order valence-corrected chi connectivity index (χ0v) is 14.2. The molecule has 3 unspecified atom stereocenters. The summed E-state index contributed by atoms with van der Waals surface area (Å²) in [6.07, 6.45) is 1.28. The van der Waals surface area contributed by atoms with Crippen molar-refractivity contribution in [2.75, 3.05) is 34.2 Å². The van der Waals surface area contributed by atoms with E-state index < -0.39 is 0 Å². The molecule has 1 aromatic rings. The number of hydrogen-bond donors (Lipinski definition) is 1. The van der Waals surface area contributed by atoms with Crippen molar-refractivity contribution in [3.8, 4) is 0 Å². The van der Waals surface area contributed by atoms with Gasteiger partial charge < -0.3 is 10.2 Å². The van der Waals surface area contributed by atoms with Crippen LogP contribution in [0.5, 0.6) is 0 Å². The van der Waals surface area contributed by atoms with E-state index in [2.05, 4.69) is 80.4 Å². The van der Waals surface area contributed by atoms with Gasteiger partial charge in [-0.15, -0.1) is 0 Å². The summed E-state index contributed by atoms with van der Waals surface area (Å²) in [4.78, 5) is 5.05. The van der Waals surface area contributed by atoms with Crippen molar-refractivity contribution in [1.82, 2.24) is 15.1 Å². The third-order valence-electron chi connectivity index (χ3n) is 4.84. The molecular formula is C18H31N3. The first-order chi connectivity index (χ1) is 10.0. The number of nitrogens with zero attached hydrogens (tertiary/aromatic N) is 2. The second-order valence-corrected chi connectivity index (χ2v) is 6.81. The molecule has 21 heavy (non-hydrogen) atoms. The molecule has 0 amide bonds. The average Bonchev–Trinajstić information content (AvgIpc) is 2.94. The van der Waals surface area contributed by atoms with Crippen molar-refractivity contribution in [1.29, 1.82) is 0 Å². The van der Waals surface area contributed by atoms with Gasteiger partial charge in [0.05, 0.1) is 0 Å². The Morgan fingerprint density at radius 1 is 1.19 bits per heavy atom. The highest BCUT2D eigenvalue weighted by Crippen LogP contribution is 2.29. The molecule has 0 radical (unpaired) electrons. The molecule has 1 heterocycles. The van der Waals surface area contributed by atoms with Crippen LogP contribution in [0.4, 0.5) is 0 Å². The first-order valence-corrected chi connectivity index (χ1v) is 8.17. The van der Waals surface area contributed by atoms with Gasteiger partial charge in [-0.2, -0.15) is 0 Å². The first kappa shape index (κ1) is 16.5. The molecule has 3 atom stereocenters. The lowest BCUT2D eigenvalue weighted by atomic mass is 9.90. The lowest BCUT2D eigenvalue weighted by Gasteiger charge is -2.38. The summed E-state index contributed by atoms with van der Waals surface area (Å²) in [5, 5.41) is 3.57. The largest absolute Gasteiger partial charge is 0.312 e. The Kier molecular flexibility index (Phi) is 5.80. The first-order valence-electron chi connectivity index (χ1n) is 8.17. The van der Waals surface area contributed by atoms with Gasteiger partial charge >= 0.3 is 0 Å². The van der Waals surface area contributed by atoms with E-state index in [-0.39, 0.29) is 0 Å². The Balaban J connectivity index is 2.18. The van der Waals surface area contributed by atoms with Crippen LogP contribution in [0.2, 0.25) is 0 Å². The lowest BCUT2D eigenvalue weighted by molar-refractivity contribution is 0.138. The van der Waals surface area contributed by atoms with E-state index in [1.54, 1.807) is 0 Å². The standard InChI is InChI=1S/C18H31N3/c1-14(2)18(21-12-11-16(13-21)20(4)5)17(19-3)15-9-7-6-8-10-15/h6-10,14,16-19H,11-13H2,1-5H3. The molecule has 0 aliphatic carbocycles. The summed E-state index contributed by atoms with van der Waals surface area (Å²) in [7, 11) is 6.49. The molecule has 3 nitrogen and oxygen atoms in total. The van der Waals surface area contributed by atoms with E-state index in [1.165, 1.54) is 25.1 Å². The topological polar surface area (TPSA) is 18.5 Å². The van der Waals surface area contributed by atoms with E-state index in [9.17, 15) is 0 Å². The number of hydrogen-bond acceptors (Lipinski definition) is 3. The summed E-state index contributed by atoms with van der Waals surface area (Å²) >= 11 is 0. The normalized spacial score (nSPS) is 22.9. The zero-order valence-electron chi connectivity index (χ0n) is 14.2. The predicted octanol–water partition coefficient (Wildman–Crippen LogP) is 2.61. The van der Waals surface area contributed by atoms with Crippen LogP contribution >= 0.6 is 0 Å². The molecule has 0 spiro atoms. The highest BCUT2D eigenvalue weighted by molar-refractivity contribution is 5.21. The minimum absolute atomic E-state index is 0.395. The fourth-order valence-corrected chi connectivity index (χ4v) is 3.67. The van der Waals surface area contributed by atoms with Gasteiger partial charge in [-0.25, -0.2) is 0 Å². The van der Waals surface area contributed by atoms with Crippen LogP contribution in [0.1, 0.15) is 31.9 Å². The number of nitrogens with one attached hydrogen (secondary N) is 1. The number of likely N-dealkylation sites (N-methyl/N-ethyl adjacent to an activating group) is 2. The van der Waals surface area contributed by atoms with Crippen LogP contribution in [0.25, 0.3) is 0 Å². The summed E-state index contributed by atoms with van der Waals surface area (Å²) in [5.74, 6) is 0.628. The third kappa shape index (κ3) is 3.85. The molecule has 0 aromatic heterocycles. The number of likely N-dealkylation sites (tertiary alicyclic amines) is 1. The molecule has 1 aromatic carbocycles. The molecule has 1 saturated heterocycles. The van der Waals surface area contributed by atoms with Gasteiger partial charge in [0.15, 0.2) is 0 Å².